The Labute approximate surface area is 119 Å². The number of ether oxygens (including phenoxy) is 1. The summed E-state index contributed by atoms with van der Waals surface area (Å²) in [5.74, 6) is 0.737. The number of aliphatic hydroxyl groups excluding tert-OH is 1. The molecule has 0 radical (unpaired) electrons. The molecule has 2 atom stereocenters. The van der Waals surface area contributed by atoms with Crippen LogP contribution in [-0.2, 0) is 6.54 Å². The molecular weight excluding hydrogens is 254 g/mol. The largest absolute Gasteiger partial charge is 0.486 e. The second-order valence-electron chi connectivity index (χ2n) is 5.90. The van der Waals surface area contributed by atoms with Gasteiger partial charge < -0.3 is 9.84 Å². The van der Waals surface area contributed by atoms with Crippen molar-refractivity contribution >= 4 is 0 Å². The van der Waals surface area contributed by atoms with Crippen molar-refractivity contribution in [1.82, 2.24) is 14.8 Å². The molecule has 2 aromatic rings. The van der Waals surface area contributed by atoms with Crippen molar-refractivity contribution in [2.45, 2.75) is 39.5 Å². The van der Waals surface area contributed by atoms with Gasteiger partial charge in [0, 0.05) is 0 Å². The van der Waals surface area contributed by atoms with Crippen LogP contribution in [0.15, 0.2) is 43.0 Å². The van der Waals surface area contributed by atoms with E-state index in [4.69, 9.17) is 4.74 Å². The Balaban J connectivity index is 2.15. The molecule has 5 heteroatoms. The van der Waals surface area contributed by atoms with Gasteiger partial charge in [0.25, 0.3) is 0 Å². The second-order valence-corrected chi connectivity index (χ2v) is 5.90. The molecular formula is C15H21N3O2. The third-order valence-corrected chi connectivity index (χ3v) is 3.10. The molecule has 0 amide bonds. The number of hydrogen-bond acceptors (Lipinski definition) is 4. The van der Waals surface area contributed by atoms with Gasteiger partial charge in [-0.1, -0.05) is 39.0 Å². The predicted octanol–water partition coefficient (Wildman–Crippen LogP) is 2.13. The standard InChI is InChI=1S/C15H21N3O2/c1-15(2,3)14(19)13(9-18-11-16-10-17-18)20-12-7-5-4-6-8-12/h4-8,10-11,13-14,19H,9H2,1-3H3. The number of rotatable bonds is 5. The number of nitrogens with zero attached hydrogens (tertiary/aromatic N) is 3. The van der Waals surface area contributed by atoms with Crippen molar-refractivity contribution in [1.29, 1.82) is 0 Å². The van der Waals surface area contributed by atoms with Crippen molar-refractivity contribution in [2.75, 3.05) is 0 Å². The van der Waals surface area contributed by atoms with Crippen LogP contribution in [0.1, 0.15) is 20.8 Å². The van der Waals surface area contributed by atoms with Crippen LogP contribution in [0.2, 0.25) is 0 Å². The minimum absolute atomic E-state index is 0.278. The highest BCUT2D eigenvalue weighted by Crippen LogP contribution is 2.25. The van der Waals surface area contributed by atoms with E-state index in [1.807, 2.05) is 51.1 Å². The van der Waals surface area contributed by atoms with E-state index in [1.54, 1.807) is 11.0 Å². The van der Waals surface area contributed by atoms with Crippen molar-refractivity contribution in [2.24, 2.45) is 5.41 Å². The number of hydrogen-bond donors (Lipinski definition) is 1. The van der Waals surface area contributed by atoms with Crippen molar-refractivity contribution < 1.29 is 9.84 Å². The van der Waals surface area contributed by atoms with E-state index in [2.05, 4.69) is 10.1 Å². The average molecular weight is 275 g/mol. The zero-order valence-electron chi connectivity index (χ0n) is 12.1. The van der Waals surface area contributed by atoms with E-state index in [9.17, 15) is 5.11 Å². The van der Waals surface area contributed by atoms with Gasteiger partial charge >= 0.3 is 0 Å². The highest BCUT2D eigenvalue weighted by Gasteiger charge is 2.32. The summed E-state index contributed by atoms with van der Waals surface area (Å²) in [4.78, 5) is 3.92. The molecule has 0 fully saturated rings. The lowest BCUT2D eigenvalue weighted by molar-refractivity contribution is -0.0396. The SMILES string of the molecule is CC(C)(C)C(O)C(Cn1cncn1)Oc1ccccc1. The van der Waals surface area contributed by atoms with E-state index >= 15 is 0 Å². The lowest BCUT2D eigenvalue weighted by Gasteiger charge is -2.33. The first kappa shape index (κ1) is 14.5. The molecule has 2 rings (SSSR count). The maximum absolute atomic E-state index is 10.5. The van der Waals surface area contributed by atoms with Crippen LogP contribution in [0, 0.1) is 5.41 Å². The van der Waals surface area contributed by atoms with Crippen LogP contribution in [-0.4, -0.2) is 32.1 Å². The lowest BCUT2D eigenvalue weighted by Crippen LogP contribution is -2.43. The molecule has 0 bridgehead atoms. The third kappa shape index (κ3) is 3.81. The molecule has 0 saturated carbocycles. The van der Waals surface area contributed by atoms with Crippen LogP contribution in [0.25, 0.3) is 0 Å². The fourth-order valence-electron chi connectivity index (χ4n) is 1.94. The minimum atomic E-state index is -0.619. The first-order valence-electron chi connectivity index (χ1n) is 6.69. The maximum atomic E-state index is 10.5. The Morgan fingerprint density at radius 3 is 2.50 bits per heavy atom. The molecule has 1 aromatic heterocycles. The molecule has 2 unspecified atom stereocenters. The Hall–Kier alpha value is -1.88. The summed E-state index contributed by atoms with van der Waals surface area (Å²) < 4.78 is 7.61. The van der Waals surface area contributed by atoms with Gasteiger partial charge in [0.1, 0.15) is 24.5 Å². The quantitative estimate of drug-likeness (QED) is 0.908. The lowest BCUT2D eigenvalue weighted by atomic mass is 9.85. The van der Waals surface area contributed by atoms with E-state index in [0.29, 0.717) is 6.54 Å². The Morgan fingerprint density at radius 1 is 1.25 bits per heavy atom. The van der Waals surface area contributed by atoms with Gasteiger partial charge in [-0.3, -0.25) is 0 Å². The monoisotopic (exact) mass is 275 g/mol. The Kier molecular flexibility index (Phi) is 4.39. The molecule has 1 heterocycles. The summed E-state index contributed by atoms with van der Waals surface area (Å²) in [5, 5.41) is 14.6. The molecule has 20 heavy (non-hydrogen) atoms. The first-order valence-corrected chi connectivity index (χ1v) is 6.69. The molecule has 0 aliphatic rings. The van der Waals surface area contributed by atoms with Crippen molar-refractivity contribution in [3.8, 4) is 5.75 Å². The minimum Gasteiger partial charge on any atom is -0.486 e. The van der Waals surface area contributed by atoms with Crippen LogP contribution in [0.4, 0.5) is 0 Å². The van der Waals surface area contributed by atoms with Gasteiger partial charge in [-0.2, -0.15) is 5.10 Å². The van der Waals surface area contributed by atoms with Crippen LogP contribution >= 0.6 is 0 Å². The molecule has 1 N–H and O–H groups in total. The number of benzene rings is 1. The summed E-state index contributed by atoms with van der Waals surface area (Å²) in [5.41, 5.74) is -0.278. The van der Waals surface area contributed by atoms with Crippen molar-refractivity contribution in [3.05, 3.63) is 43.0 Å². The van der Waals surface area contributed by atoms with Crippen LogP contribution < -0.4 is 4.74 Å². The molecule has 0 saturated heterocycles. The van der Waals surface area contributed by atoms with Gasteiger partial charge in [-0.25, -0.2) is 9.67 Å². The van der Waals surface area contributed by atoms with E-state index in [1.165, 1.54) is 6.33 Å². The summed E-state index contributed by atoms with van der Waals surface area (Å²) in [6, 6.07) is 9.50. The zero-order chi connectivity index (χ0) is 14.6. The van der Waals surface area contributed by atoms with E-state index in [0.717, 1.165) is 5.75 Å². The molecule has 0 aliphatic heterocycles. The fourth-order valence-corrected chi connectivity index (χ4v) is 1.94. The Bertz CT molecular complexity index is 506. The van der Waals surface area contributed by atoms with Crippen LogP contribution in [0.5, 0.6) is 5.75 Å². The van der Waals surface area contributed by atoms with E-state index < -0.39 is 6.10 Å². The Morgan fingerprint density at radius 2 is 1.95 bits per heavy atom. The van der Waals surface area contributed by atoms with Gasteiger partial charge in [0.05, 0.1) is 12.6 Å². The summed E-state index contributed by atoms with van der Waals surface area (Å²) in [6.45, 7) is 6.41. The average Bonchev–Trinajstić information content (AvgIpc) is 2.90. The predicted molar refractivity (Wildman–Crippen MR) is 76.3 cm³/mol. The topological polar surface area (TPSA) is 60.2 Å². The molecule has 5 nitrogen and oxygen atoms in total. The highest BCUT2D eigenvalue weighted by molar-refractivity contribution is 5.21. The zero-order valence-corrected chi connectivity index (χ0v) is 12.1. The summed E-state index contributed by atoms with van der Waals surface area (Å²) >= 11 is 0. The van der Waals surface area contributed by atoms with Gasteiger partial charge in [0.15, 0.2) is 0 Å². The van der Waals surface area contributed by atoms with Crippen LogP contribution in [0.3, 0.4) is 0 Å². The molecule has 108 valence electrons. The molecule has 1 aromatic carbocycles. The van der Waals surface area contributed by atoms with Gasteiger partial charge in [0.2, 0.25) is 0 Å². The number of aromatic nitrogens is 3. The van der Waals surface area contributed by atoms with Gasteiger partial charge in [-0.05, 0) is 17.5 Å². The van der Waals surface area contributed by atoms with Crippen molar-refractivity contribution in [3.63, 3.8) is 0 Å². The van der Waals surface area contributed by atoms with Gasteiger partial charge in [-0.15, -0.1) is 0 Å². The summed E-state index contributed by atoms with van der Waals surface area (Å²) in [7, 11) is 0. The normalized spacial score (nSPS) is 14.8. The highest BCUT2D eigenvalue weighted by atomic mass is 16.5. The number of para-hydroxylation sites is 1. The second kappa shape index (κ2) is 6.05. The van der Waals surface area contributed by atoms with E-state index in [-0.39, 0.29) is 11.5 Å². The molecule has 0 spiro atoms. The maximum Gasteiger partial charge on any atom is 0.144 e. The first-order chi connectivity index (χ1) is 9.47. The number of aliphatic hydroxyl groups is 1. The fraction of sp³-hybridized carbons (Fsp3) is 0.467. The molecule has 0 aliphatic carbocycles. The third-order valence-electron chi connectivity index (χ3n) is 3.10. The summed E-state index contributed by atoms with van der Waals surface area (Å²) in [6.07, 6.45) is 2.09. The smallest absolute Gasteiger partial charge is 0.144 e.